The molecule has 0 spiro atoms. The summed E-state index contributed by atoms with van der Waals surface area (Å²) in [6.45, 7) is 3.63. The van der Waals surface area contributed by atoms with Crippen LogP contribution in [0.15, 0.2) is 12.1 Å². The van der Waals surface area contributed by atoms with E-state index in [4.69, 9.17) is 16.3 Å². The SMILES string of the molecule is CCOc1ccc(O)c(Cl)c1C(C)=O. The quantitative estimate of drug-likeness (QED) is 0.787. The van der Waals surface area contributed by atoms with Crippen molar-refractivity contribution in [2.45, 2.75) is 13.8 Å². The molecular formula is C10H11ClO3. The molecule has 1 N–H and O–H groups in total. The maximum absolute atomic E-state index is 11.2. The van der Waals surface area contributed by atoms with Gasteiger partial charge >= 0.3 is 0 Å². The second-order valence-corrected chi connectivity index (χ2v) is 3.14. The Kier molecular flexibility index (Phi) is 3.36. The van der Waals surface area contributed by atoms with E-state index < -0.39 is 0 Å². The van der Waals surface area contributed by atoms with Gasteiger partial charge in [-0.25, -0.2) is 0 Å². The number of phenols is 1. The number of ketones is 1. The average molecular weight is 215 g/mol. The minimum absolute atomic E-state index is 0.0449. The van der Waals surface area contributed by atoms with Gasteiger partial charge in [-0.05, 0) is 26.0 Å². The molecule has 0 aliphatic rings. The second-order valence-electron chi connectivity index (χ2n) is 2.76. The molecule has 0 aliphatic heterocycles. The molecule has 0 radical (unpaired) electrons. The van der Waals surface area contributed by atoms with Crippen molar-refractivity contribution in [3.63, 3.8) is 0 Å². The number of phenolic OH excluding ortho intramolecular Hbond substituents is 1. The van der Waals surface area contributed by atoms with E-state index >= 15 is 0 Å². The predicted molar refractivity (Wildman–Crippen MR) is 54.3 cm³/mol. The maximum atomic E-state index is 11.2. The van der Waals surface area contributed by atoms with Crippen molar-refractivity contribution in [2.24, 2.45) is 0 Å². The predicted octanol–water partition coefficient (Wildman–Crippen LogP) is 2.65. The van der Waals surface area contributed by atoms with Crippen LogP contribution < -0.4 is 4.74 Å². The molecule has 0 saturated heterocycles. The van der Waals surface area contributed by atoms with E-state index in [0.29, 0.717) is 12.4 Å². The highest BCUT2D eigenvalue weighted by molar-refractivity contribution is 6.35. The lowest BCUT2D eigenvalue weighted by atomic mass is 10.1. The van der Waals surface area contributed by atoms with Gasteiger partial charge in [-0.1, -0.05) is 11.6 Å². The van der Waals surface area contributed by atoms with Gasteiger partial charge in [-0.3, -0.25) is 4.79 Å². The summed E-state index contributed by atoms with van der Waals surface area (Å²) in [7, 11) is 0. The first-order valence-electron chi connectivity index (χ1n) is 4.23. The summed E-state index contributed by atoms with van der Waals surface area (Å²) in [4.78, 5) is 11.2. The summed E-state index contributed by atoms with van der Waals surface area (Å²) in [6.07, 6.45) is 0. The Morgan fingerprint density at radius 3 is 2.71 bits per heavy atom. The van der Waals surface area contributed by atoms with Gasteiger partial charge in [0, 0.05) is 0 Å². The molecule has 1 aromatic carbocycles. The maximum Gasteiger partial charge on any atom is 0.165 e. The highest BCUT2D eigenvalue weighted by atomic mass is 35.5. The second kappa shape index (κ2) is 4.33. The first kappa shape index (κ1) is 10.9. The van der Waals surface area contributed by atoms with E-state index in [9.17, 15) is 9.90 Å². The Bertz CT molecular complexity index is 361. The van der Waals surface area contributed by atoms with Crippen molar-refractivity contribution < 1.29 is 14.6 Å². The van der Waals surface area contributed by atoms with Gasteiger partial charge in [0.25, 0.3) is 0 Å². The fraction of sp³-hybridized carbons (Fsp3) is 0.300. The van der Waals surface area contributed by atoms with Crippen LogP contribution >= 0.6 is 11.6 Å². The van der Waals surface area contributed by atoms with E-state index in [1.165, 1.54) is 19.1 Å². The lowest BCUT2D eigenvalue weighted by Crippen LogP contribution is -2.01. The number of ether oxygens (including phenoxy) is 1. The first-order chi connectivity index (χ1) is 6.57. The van der Waals surface area contributed by atoms with Crippen molar-refractivity contribution in [1.82, 2.24) is 0 Å². The van der Waals surface area contributed by atoms with Gasteiger partial charge < -0.3 is 9.84 Å². The average Bonchev–Trinajstić information content (AvgIpc) is 2.11. The molecular weight excluding hydrogens is 204 g/mol. The van der Waals surface area contributed by atoms with E-state index in [0.717, 1.165) is 0 Å². The minimum Gasteiger partial charge on any atom is -0.506 e. The third-order valence-electron chi connectivity index (χ3n) is 1.74. The normalized spacial score (nSPS) is 9.93. The van der Waals surface area contributed by atoms with Crippen LogP contribution in [0, 0.1) is 0 Å². The van der Waals surface area contributed by atoms with Crippen LogP contribution in [-0.4, -0.2) is 17.5 Å². The molecule has 1 rings (SSSR count). The molecule has 0 fully saturated rings. The van der Waals surface area contributed by atoms with Gasteiger partial charge in [0.05, 0.1) is 17.2 Å². The van der Waals surface area contributed by atoms with Gasteiger partial charge in [0.2, 0.25) is 0 Å². The number of aromatic hydroxyl groups is 1. The van der Waals surface area contributed by atoms with Crippen LogP contribution in [0.3, 0.4) is 0 Å². The van der Waals surface area contributed by atoms with Gasteiger partial charge in [0.15, 0.2) is 5.78 Å². The Labute approximate surface area is 87.3 Å². The number of Topliss-reactive ketones (excluding diaryl/α,β-unsaturated/α-hetero) is 1. The lowest BCUT2D eigenvalue weighted by Gasteiger charge is -2.10. The summed E-state index contributed by atoms with van der Waals surface area (Å²) in [5, 5.41) is 9.35. The molecule has 76 valence electrons. The van der Waals surface area contributed by atoms with Crippen LogP contribution in [0.1, 0.15) is 24.2 Å². The molecule has 0 unspecified atom stereocenters. The van der Waals surface area contributed by atoms with Gasteiger partial charge in [0.1, 0.15) is 11.5 Å². The van der Waals surface area contributed by atoms with Crippen LogP contribution in [0.2, 0.25) is 5.02 Å². The van der Waals surface area contributed by atoms with Crippen molar-refractivity contribution in [3.8, 4) is 11.5 Å². The molecule has 0 amide bonds. The molecule has 0 atom stereocenters. The summed E-state index contributed by atoms with van der Waals surface area (Å²) < 4.78 is 5.22. The summed E-state index contributed by atoms with van der Waals surface area (Å²) >= 11 is 5.78. The molecule has 0 aliphatic carbocycles. The molecule has 0 heterocycles. The zero-order chi connectivity index (χ0) is 10.7. The third kappa shape index (κ3) is 1.99. The van der Waals surface area contributed by atoms with Crippen molar-refractivity contribution in [1.29, 1.82) is 0 Å². The van der Waals surface area contributed by atoms with Crippen LogP contribution in [0.5, 0.6) is 11.5 Å². The molecule has 0 saturated carbocycles. The smallest absolute Gasteiger partial charge is 0.165 e. The summed E-state index contributed by atoms with van der Waals surface area (Å²) in [6, 6.07) is 2.93. The largest absolute Gasteiger partial charge is 0.506 e. The standard InChI is InChI=1S/C10H11ClO3/c1-3-14-8-5-4-7(13)10(11)9(8)6(2)12/h4-5,13H,3H2,1-2H3. The van der Waals surface area contributed by atoms with Crippen LogP contribution in [0.25, 0.3) is 0 Å². The Hall–Kier alpha value is -1.22. The summed E-state index contributed by atoms with van der Waals surface area (Å²) in [5.74, 6) is 0.0671. The van der Waals surface area contributed by atoms with Crippen molar-refractivity contribution in [2.75, 3.05) is 6.61 Å². The number of hydrogen-bond acceptors (Lipinski definition) is 3. The highest BCUT2D eigenvalue weighted by Crippen LogP contribution is 2.34. The Morgan fingerprint density at radius 2 is 2.21 bits per heavy atom. The molecule has 14 heavy (non-hydrogen) atoms. The van der Waals surface area contributed by atoms with Gasteiger partial charge in [-0.2, -0.15) is 0 Å². The van der Waals surface area contributed by atoms with Crippen LogP contribution in [-0.2, 0) is 0 Å². The minimum atomic E-state index is -0.227. The van der Waals surface area contributed by atoms with Crippen LogP contribution in [0.4, 0.5) is 0 Å². The zero-order valence-electron chi connectivity index (χ0n) is 8.00. The number of benzene rings is 1. The monoisotopic (exact) mass is 214 g/mol. The number of hydrogen-bond donors (Lipinski definition) is 1. The van der Waals surface area contributed by atoms with Crippen molar-refractivity contribution >= 4 is 17.4 Å². The molecule has 4 heteroatoms. The summed E-state index contributed by atoms with van der Waals surface area (Å²) in [5.41, 5.74) is 0.230. The number of carbonyl (C=O) groups excluding carboxylic acids is 1. The van der Waals surface area contributed by atoms with Gasteiger partial charge in [-0.15, -0.1) is 0 Å². The third-order valence-corrected chi connectivity index (χ3v) is 2.12. The molecule has 0 bridgehead atoms. The fourth-order valence-electron chi connectivity index (χ4n) is 1.15. The van der Waals surface area contributed by atoms with Crippen molar-refractivity contribution in [3.05, 3.63) is 22.7 Å². The topological polar surface area (TPSA) is 46.5 Å². The van der Waals surface area contributed by atoms with E-state index in [1.54, 1.807) is 0 Å². The number of halogens is 1. The van der Waals surface area contributed by atoms with E-state index in [2.05, 4.69) is 0 Å². The number of carbonyl (C=O) groups is 1. The molecule has 0 aromatic heterocycles. The Morgan fingerprint density at radius 1 is 1.57 bits per heavy atom. The van der Waals surface area contributed by atoms with E-state index in [-0.39, 0.29) is 22.1 Å². The highest BCUT2D eigenvalue weighted by Gasteiger charge is 2.15. The molecule has 3 nitrogen and oxygen atoms in total. The Balaban J connectivity index is 3.30. The fourth-order valence-corrected chi connectivity index (χ4v) is 1.44. The zero-order valence-corrected chi connectivity index (χ0v) is 8.76. The van der Waals surface area contributed by atoms with E-state index in [1.807, 2.05) is 6.92 Å². The first-order valence-corrected chi connectivity index (χ1v) is 4.61. The number of rotatable bonds is 3. The lowest BCUT2D eigenvalue weighted by molar-refractivity contribution is 0.101. The molecule has 1 aromatic rings.